The molecule has 1 heterocycles. The normalized spacial score (nSPS) is 10.5. The van der Waals surface area contributed by atoms with Crippen molar-refractivity contribution in [2.75, 3.05) is 19.5 Å². The van der Waals surface area contributed by atoms with Crippen molar-refractivity contribution in [2.24, 2.45) is 0 Å². The van der Waals surface area contributed by atoms with Crippen LogP contribution >= 0.6 is 23.1 Å². The second-order valence-corrected chi connectivity index (χ2v) is 8.26. The van der Waals surface area contributed by atoms with E-state index < -0.39 is 0 Å². The van der Waals surface area contributed by atoms with Crippen LogP contribution in [0.25, 0.3) is 0 Å². The topological polar surface area (TPSA) is 73.3 Å². The lowest BCUT2D eigenvalue weighted by Crippen LogP contribution is -2.14. The number of aryl methyl sites for hydroxylation is 1. The summed E-state index contributed by atoms with van der Waals surface area (Å²) in [5.74, 6) is 1.89. The number of methoxy groups -OCH3 is 2. The summed E-state index contributed by atoms with van der Waals surface area (Å²) in [6, 6.07) is 13.8. The third-order valence-corrected chi connectivity index (χ3v) is 5.99. The molecular formula is C20H21N3O3S2. The van der Waals surface area contributed by atoms with Crippen molar-refractivity contribution in [3.8, 4) is 11.5 Å². The summed E-state index contributed by atoms with van der Waals surface area (Å²) in [6.45, 7) is 2.07. The minimum atomic E-state index is -0.154. The van der Waals surface area contributed by atoms with E-state index in [0.717, 1.165) is 15.7 Å². The molecule has 0 bridgehead atoms. The fourth-order valence-electron chi connectivity index (χ4n) is 2.49. The number of thioether (sulfide) groups is 1. The van der Waals surface area contributed by atoms with Gasteiger partial charge in [0.2, 0.25) is 11.0 Å². The standard InChI is InChI=1S/C20H21N3O3S2/c1-13-4-6-14(7-5-13)12-27-20-23-22-19(28-20)21-18(24)11-15-8-9-16(25-2)17(10-15)26-3/h4-10H,11-12H2,1-3H3,(H,21,22,24). The van der Waals surface area contributed by atoms with Crippen molar-refractivity contribution in [1.82, 2.24) is 10.2 Å². The van der Waals surface area contributed by atoms with Gasteiger partial charge in [-0.1, -0.05) is 59.0 Å². The molecule has 1 amide bonds. The Kier molecular flexibility index (Phi) is 6.89. The lowest BCUT2D eigenvalue weighted by molar-refractivity contribution is -0.115. The van der Waals surface area contributed by atoms with Crippen LogP contribution < -0.4 is 14.8 Å². The maximum Gasteiger partial charge on any atom is 0.230 e. The molecule has 1 N–H and O–H groups in total. The number of aromatic nitrogens is 2. The van der Waals surface area contributed by atoms with Crippen LogP contribution in [0.5, 0.6) is 11.5 Å². The number of carbonyl (C=O) groups is 1. The molecular weight excluding hydrogens is 394 g/mol. The Hall–Kier alpha value is -2.58. The fourth-order valence-corrected chi connectivity index (χ4v) is 4.21. The molecule has 0 saturated carbocycles. The molecule has 0 radical (unpaired) electrons. The van der Waals surface area contributed by atoms with Crippen LogP contribution in [0.15, 0.2) is 46.8 Å². The first-order valence-electron chi connectivity index (χ1n) is 8.60. The van der Waals surface area contributed by atoms with Crippen molar-refractivity contribution < 1.29 is 14.3 Å². The number of hydrogen-bond donors (Lipinski definition) is 1. The number of anilines is 1. The van der Waals surface area contributed by atoms with Crippen LogP contribution in [0, 0.1) is 6.92 Å². The van der Waals surface area contributed by atoms with Crippen molar-refractivity contribution in [3.05, 3.63) is 59.2 Å². The highest BCUT2D eigenvalue weighted by Gasteiger charge is 2.11. The van der Waals surface area contributed by atoms with Gasteiger partial charge in [-0.15, -0.1) is 10.2 Å². The summed E-state index contributed by atoms with van der Waals surface area (Å²) in [6.07, 6.45) is 0.214. The van der Waals surface area contributed by atoms with E-state index in [0.29, 0.717) is 16.6 Å². The summed E-state index contributed by atoms with van der Waals surface area (Å²) < 4.78 is 11.3. The Bertz CT molecular complexity index is 942. The predicted octanol–water partition coefficient (Wildman–Crippen LogP) is 4.34. The zero-order chi connectivity index (χ0) is 19.9. The number of nitrogens with zero attached hydrogens (tertiary/aromatic N) is 2. The highest BCUT2D eigenvalue weighted by Crippen LogP contribution is 2.29. The molecule has 0 aliphatic carbocycles. The van der Waals surface area contributed by atoms with E-state index in [2.05, 4.69) is 46.7 Å². The van der Waals surface area contributed by atoms with Gasteiger partial charge in [-0.2, -0.15) is 0 Å². The summed E-state index contributed by atoms with van der Waals surface area (Å²) in [5, 5.41) is 11.5. The molecule has 1 aromatic heterocycles. The van der Waals surface area contributed by atoms with Gasteiger partial charge in [0.15, 0.2) is 15.8 Å². The van der Waals surface area contributed by atoms with Crippen LogP contribution in [0.4, 0.5) is 5.13 Å². The Labute approximate surface area is 172 Å². The number of carbonyl (C=O) groups excluding carboxylic acids is 1. The lowest BCUT2D eigenvalue weighted by Gasteiger charge is -2.09. The summed E-state index contributed by atoms with van der Waals surface area (Å²) in [5.41, 5.74) is 3.29. The molecule has 3 rings (SSSR count). The zero-order valence-corrected chi connectivity index (χ0v) is 17.5. The Morgan fingerprint density at radius 2 is 1.75 bits per heavy atom. The zero-order valence-electron chi connectivity index (χ0n) is 15.9. The molecule has 0 fully saturated rings. The second kappa shape index (κ2) is 9.57. The van der Waals surface area contributed by atoms with Gasteiger partial charge >= 0.3 is 0 Å². The number of ether oxygens (including phenoxy) is 2. The lowest BCUT2D eigenvalue weighted by atomic mass is 10.1. The molecule has 0 aliphatic heterocycles. The van der Waals surface area contributed by atoms with Crippen molar-refractivity contribution in [1.29, 1.82) is 0 Å². The molecule has 0 atom stereocenters. The van der Waals surface area contributed by atoms with E-state index in [1.54, 1.807) is 38.1 Å². The summed E-state index contributed by atoms with van der Waals surface area (Å²) >= 11 is 2.98. The van der Waals surface area contributed by atoms with Crippen molar-refractivity contribution >= 4 is 34.1 Å². The van der Waals surface area contributed by atoms with Crippen LogP contribution in [0.3, 0.4) is 0 Å². The molecule has 6 nitrogen and oxygen atoms in total. The van der Waals surface area contributed by atoms with E-state index in [1.165, 1.54) is 22.5 Å². The Morgan fingerprint density at radius 3 is 2.46 bits per heavy atom. The predicted molar refractivity (Wildman–Crippen MR) is 113 cm³/mol. The van der Waals surface area contributed by atoms with E-state index in [-0.39, 0.29) is 12.3 Å². The van der Waals surface area contributed by atoms with Gasteiger partial charge in [0.25, 0.3) is 0 Å². The highest BCUT2D eigenvalue weighted by molar-refractivity contribution is 8.00. The first kappa shape index (κ1) is 20.2. The molecule has 28 heavy (non-hydrogen) atoms. The Balaban J connectivity index is 1.54. The van der Waals surface area contributed by atoms with Crippen LogP contribution in [-0.2, 0) is 17.0 Å². The van der Waals surface area contributed by atoms with Crippen molar-refractivity contribution in [2.45, 2.75) is 23.4 Å². The van der Waals surface area contributed by atoms with Crippen LogP contribution in [0.2, 0.25) is 0 Å². The van der Waals surface area contributed by atoms with Gasteiger partial charge in [-0.3, -0.25) is 4.79 Å². The second-order valence-electron chi connectivity index (χ2n) is 6.06. The SMILES string of the molecule is COc1ccc(CC(=O)Nc2nnc(SCc3ccc(C)cc3)s2)cc1OC. The maximum atomic E-state index is 12.3. The van der Waals surface area contributed by atoms with E-state index in [4.69, 9.17) is 9.47 Å². The summed E-state index contributed by atoms with van der Waals surface area (Å²) in [4.78, 5) is 12.3. The van der Waals surface area contributed by atoms with E-state index >= 15 is 0 Å². The number of nitrogens with one attached hydrogen (secondary N) is 1. The Morgan fingerprint density at radius 1 is 1.04 bits per heavy atom. The first-order chi connectivity index (χ1) is 13.6. The van der Waals surface area contributed by atoms with Gasteiger partial charge in [0.05, 0.1) is 20.6 Å². The molecule has 0 aliphatic rings. The summed E-state index contributed by atoms with van der Waals surface area (Å²) in [7, 11) is 3.15. The highest BCUT2D eigenvalue weighted by atomic mass is 32.2. The molecule has 0 spiro atoms. The van der Waals surface area contributed by atoms with Gasteiger partial charge < -0.3 is 14.8 Å². The van der Waals surface area contributed by atoms with Crippen LogP contribution in [-0.4, -0.2) is 30.3 Å². The molecule has 0 unspecified atom stereocenters. The molecule has 0 saturated heterocycles. The third-order valence-electron chi connectivity index (χ3n) is 3.95. The van der Waals surface area contributed by atoms with E-state index in [9.17, 15) is 4.79 Å². The third kappa shape index (κ3) is 5.46. The van der Waals surface area contributed by atoms with Gasteiger partial charge in [0.1, 0.15) is 0 Å². The van der Waals surface area contributed by atoms with Crippen LogP contribution in [0.1, 0.15) is 16.7 Å². The maximum absolute atomic E-state index is 12.3. The monoisotopic (exact) mass is 415 g/mol. The minimum absolute atomic E-state index is 0.154. The number of amides is 1. The quantitative estimate of drug-likeness (QED) is 0.436. The molecule has 2 aromatic carbocycles. The first-order valence-corrected chi connectivity index (χ1v) is 10.4. The van der Waals surface area contributed by atoms with E-state index in [1.807, 2.05) is 6.07 Å². The van der Waals surface area contributed by atoms with Gasteiger partial charge in [-0.05, 0) is 30.2 Å². The fraction of sp³-hybridized carbons (Fsp3) is 0.250. The van der Waals surface area contributed by atoms with Gasteiger partial charge in [0, 0.05) is 5.75 Å². The largest absolute Gasteiger partial charge is 0.493 e. The molecule has 8 heteroatoms. The number of hydrogen-bond acceptors (Lipinski definition) is 7. The molecule has 3 aromatic rings. The average Bonchev–Trinajstić information content (AvgIpc) is 3.14. The molecule has 146 valence electrons. The number of rotatable bonds is 8. The number of benzene rings is 2. The average molecular weight is 416 g/mol. The minimum Gasteiger partial charge on any atom is -0.493 e. The smallest absolute Gasteiger partial charge is 0.230 e. The van der Waals surface area contributed by atoms with Crippen molar-refractivity contribution in [3.63, 3.8) is 0 Å². The van der Waals surface area contributed by atoms with Gasteiger partial charge in [-0.25, -0.2) is 0 Å².